The Morgan fingerprint density at radius 3 is 2.50 bits per heavy atom. The SMILES string of the molecule is NC(=O)C1=CCC2=C1C1CCC2c2ccccc21. The van der Waals surface area contributed by atoms with Crippen molar-refractivity contribution in [2.24, 2.45) is 5.73 Å². The average molecular weight is 237 g/mol. The van der Waals surface area contributed by atoms with Gasteiger partial charge in [-0.3, -0.25) is 4.79 Å². The molecule has 18 heavy (non-hydrogen) atoms. The minimum absolute atomic E-state index is 0.259. The number of carbonyl (C=O) groups is 1. The van der Waals surface area contributed by atoms with Crippen molar-refractivity contribution < 1.29 is 4.79 Å². The van der Waals surface area contributed by atoms with Crippen molar-refractivity contribution >= 4 is 5.91 Å². The molecular formula is C16H15NO. The van der Waals surface area contributed by atoms with Gasteiger partial charge in [0.1, 0.15) is 0 Å². The highest BCUT2D eigenvalue weighted by Gasteiger charge is 2.42. The van der Waals surface area contributed by atoms with Gasteiger partial charge in [-0.15, -0.1) is 0 Å². The maximum absolute atomic E-state index is 11.6. The van der Waals surface area contributed by atoms with Gasteiger partial charge in [0, 0.05) is 17.4 Å². The minimum atomic E-state index is -0.259. The van der Waals surface area contributed by atoms with E-state index in [0.29, 0.717) is 11.8 Å². The van der Waals surface area contributed by atoms with Crippen molar-refractivity contribution in [1.82, 2.24) is 0 Å². The largest absolute Gasteiger partial charge is 0.366 e. The van der Waals surface area contributed by atoms with Crippen molar-refractivity contribution in [3.8, 4) is 0 Å². The Bertz CT molecular complexity index is 624. The molecule has 2 bridgehead atoms. The topological polar surface area (TPSA) is 43.1 Å². The number of rotatable bonds is 1. The van der Waals surface area contributed by atoms with Crippen LogP contribution in [-0.2, 0) is 4.79 Å². The summed E-state index contributed by atoms with van der Waals surface area (Å²) in [7, 11) is 0. The zero-order chi connectivity index (χ0) is 12.3. The van der Waals surface area contributed by atoms with E-state index >= 15 is 0 Å². The molecule has 4 aliphatic rings. The molecule has 1 aromatic carbocycles. The molecule has 0 aliphatic heterocycles. The van der Waals surface area contributed by atoms with Gasteiger partial charge in [-0.2, -0.15) is 0 Å². The van der Waals surface area contributed by atoms with E-state index in [1.54, 1.807) is 0 Å². The van der Waals surface area contributed by atoms with Crippen molar-refractivity contribution in [3.05, 3.63) is 58.2 Å². The molecule has 0 heterocycles. The van der Waals surface area contributed by atoms with E-state index in [-0.39, 0.29) is 5.91 Å². The van der Waals surface area contributed by atoms with Crippen molar-refractivity contribution in [1.29, 1.82) is 0 Å². The van der Waals surface area contributed by atoms with Gasteiger partial charge in [0.15, 0.2) is 0 Å². The number of amides is 1. The standard InChI is InChI=1S/C16H15NO/c17-16(18)14-8-7-13-11-5-6-12(15(13)14)10-4-2-1-3-9(10)11/h1-4,8,11-12H,5-7H2,(H2,17,18). The zero-order valence-corrected chi connectivity index (χ0v) is 10.1. The Balaban J connectivity index is 1.92. The highest BCUT2D eigenvalue weighted by atomic mass is 16.1. The van der Waals surface area contributed by atoms with Crippen LogP contribution in [0.15, 0.2) is 47.1 Å². The highest BCUT2D eigenvalue weighted by molar-refractivity contribution is 5.98. The second kappa shape index (κ2) is 3.35. The first kappa shape index (κ1) is 10.1. The first-order valence-electron chi connectivity index (χ1n) is 6.59. The van der Waals surface area contributed by atoms with Gasteiger partial charge >= 0.3 is 0 Å². The summed E-state index contributed by atoms with van der Waals surface area (Å²) in [5.41, 5.74) is 11.9. The number of allylic oxidation sites excluding steroid dienone is 2. The van der Waals surface area contributed by atoms with Gasteiger partial charge in [0.05, 0.1) is 0 Å². The van der Waals surface area contributed by atoms with Crippen LogP contribution in [0.5, 0.6) is 0 Å². The van der Waals surface area contributed by atoms with E-state index in [1.165, 1.54) is 28.7 Å². The van der Waals surface area contributed by atoms with E-state index in [1.807, 2.05) is 6.08 Å². The predicted octanol–water partition coefficient (Wildman–Crippen LogP) is 2.77. The molecule has 0 aromatic heterocycles. The lowest BCUT2D eigenvalue weighted by Crippen LogP contribution is -2.27. The van der Waals surface area contributed by atoms with Crippen LogP contribution in [0.1, 0.15) is 42.2 Å². The van der Waals surface area contributed by atoms with Crippen molar-refractivity contribution in [2.45, 2.75) is 31.1 Å². The van der Waals surface area contributed by atoms with Crippen LogP contribution in [0.25, 0.3) is 0 Å². The van der Waals surface area contributed by atoms with Crippen molar-refractivity contribution in [2.75, 3.05) is 0 Å². The highest BCUT2D eigenvalue weighted by Crippen LogP contribution is 2.57. The molecule has 2 nitrogen and oxygen atoms in total. The number of hydrogen-bond donors (Lipinski definition) is 1. The molecule has 0 saturated heterocycles. The van der Waals surface area contributed by atoms with E-state index in [0.717, 1.165) is 18.4 Å². The molecule has 1 aromatic rings. The van der Waals surface area contributed by atoms with Crippen LogP contribution >= 0.6 is 0 Å². The van der Waals surface area contributed by atoms with E-state index in [4.69, 9.17) is 5.73 Å². The molecule has 2 N–H and O–H groups in total. The molecule has 0 saturated carbocycles. The second-order valence-corrected chi connectivity index (χ2v) is 5.44. The summed E-state index contributed by atoms with van der Waals surface area (Å²) in [5.74, 6) is 0.668. The summed E-state index contributed by atoms with van der Waals surface area (Å²) in [4.78, 5) is 11.6. The maximum Gasteiger partial charge on any atom is 0.248 e. The number of primary amides is 1. The molecule has 0 fully saturated rings. The lowest BCUT2D eigenvalue weighted by Gasteiger charge is -2.40. The molecule has 0 radical (unpaired) electrons. The molecule has 2 atom stereocenters. The maximum atomic E-state index is 11.6. The third kappa shape index (κ3) is 1.10. The third-order valence-corrected chi connectivity index (χ3v) is 4.69. The molecule has 2 unspecified atom stereocenters. The molecule has 5 rings (SSSR count). The van der Waals surface area contributed by atoms with Crippen LogP contribution in [0.3, 0.4) is 0 Å². The van der Waals surface area contributed by atoms with Gasteiger partial charge in [-0.1, -0.05) is 35.9 Å². The third-order valence-electron chi connectivity index (χ3n) is 4.69. The molecule has 0 spiro atoms. The second-order valence-electron chi connectivity index (χ2n) is 5.44. The normalized spacial score (nSPS) is 27.9. The zero-order valence-electron chi connectivity index (χ0n) is 10.1. The Hall–Kier alpha value is -1.83. The fourth-order valence-electron chi connectivity index (χ4n) is 4.03. The quantitative estimate of drug-likeness (QED) is 0.801. The Morgan fingerprint density at radius 1 is 1.11 bits per heavy atom. The van der Waals surface area contributed by atoms with E-state index in [2.05, 4.69) is 24.3 Å². The van der Waals surface area contributed by atoms with Crippen LogP contribution in [0.2, 0.25) is 0 Å². The molecule has 4 aliphatic carbocycles. The smallest absolute Gasteiger partial charge is 0.248 e. The summed E-state index contributed by atoms with van der Waals surface area (Å²) in [5, 5.41) is 0. The van der Waals surface area contributed by atoms with Crippen LogP contribution in [0.4, 0.5) is 0 Å². The number of nitrogens with two attached hydrogens (primary N) is 1. The number of fused-ring (bicyclic) bond motifs is 1. The van der Waals surface area contributed by atoms with Crippen LogP contribution in [0, 0.1) is 0 Å². The summed E-state index contributed by atoms with van der Waals surface area (Å²) >= 11 is 0. The van der Waals surface area contributed by atoms with Crippen molar-refractivity contribution in [3.63, 3.8) is 0 Å². The van der Waals surface area contributed by atoms with Gasteiger partial charge in [-0.05, 0) is 36.0 Å². The van der Waals surface area contributed by atoms with Crippen LogP contribution < -0.4 is 5.73 Å². The van der Waals surface area contributed by atoms with Gasteiger partial charge in [-0.25, -0.2) is 0 Å². The predicted molar refractivity (Wildman–Crippen MR) is 70.1 cm³/mol. The Morgan fingerprint density at radius 2 is 1.78 bits per heavy atom. The monoisotopic (exact) mass is 237 g/mol. The average Bonchev–Trinajstić information content (AvgIpc) is 2.85. The van der Waals surface area contributed by atoms with Gasteiger partial charge in [0.2, 0.25) is 5.91 Å². The summed E-state index contributed by atoms with van der Waals surface area (Å²) in [6, 6.07) is 8.69. The minimum Gasteiger partial charge on any atom is -0.366 e. The van der Waals surface area contributed by atoms with Gasteiger partial charge in [0.25, 0.3) is 0 Å². The summed E-state index contributed by atoms with van der Waals surface area (Å²) < 4.78 is 0. The summed E-state index contributed by atoms with van der Waals surface area (Å²) in [6.45, 7) is 0. The molecule has 2 heteroatoms. The number of benzene rings is 1. The fraction of sp³-hybridized carbons (Fsp3) is 0.312. The number of carbonyl (C=O) groups excluding carboxylic acids is 1. The van der Waals surface area contributed by atoms with E-state index in [9.17, 15) is 4.79 Å². The fourth-order valence-corrected chi connectivity index (χ4v) is 4.03. The molecule has 90 valence electrons. The lowest BCUT2D eigenvalue weighted by atomic mass is 9.63. The lowest BCUT2D eigenvalue weighted by molar-refractivity contribution is -0.114. The summed E-state index contributed by atoms with van der Waals surface area (Å²) in [6.07, 6.45) is 5.33. The Kier molecular flexibility index (Phi) is 1.88. The molecular weight excluding hydrogens is 222 g/mol. The Labute approximate surface area is 106 Å². The van der Waals surface area contributed by atoms with Gasteiger partial charge < -0.3 is 5.73 Å². The van der Waals surface area contributed by atoms with E-state index < -0.39 is 0 Å². The number of hydrogen-bond acceptors (Lipinski definition) is 1. The first-order valence-corrected chi connectivity index (χ1v) is 6.59. The first-order chi connectivity index (χ1) is 8.77. The molecule has 1 amide bonds. The van der Waals surface area contributed by atoms with Crippen LogP contribution in [-0.4, -0.2) is 5.91 Å².